The monoisotopic (exact) mass is 682 g/mol. The van der Waals surface area contributed by atoms with Crippen LogP contribution in [0.2, 0.25) is 10.0 Å². The van der Waals surface area contributed by atoms with E-state index in [2.05, 4.69) is 0 Å². The highest BCUT2D eigenvalue weighted by molar-refractivity contribution is 7.09. The molecule has 1 aromatic heterocycles. The molecule has 8 rings (SSSR count). The molecule has 2 aliphatic carbocycles. The van der Waals surface area contributed by atoms with Crippen molar-refractivity contribution in [2.45, 2.75) is 30.7 Å². The molecule has 0 radical (unpaired) electrons. The lowest BCUT2D eigenvalue weighted by Gasteiger charge is -2.51. The van der Waals surface area contributed by atoms with Gasteiger partial charge in [0.25, 0.3) is 0 Å². The van der Waals surface area contributed by atoms with Crippen LogP contribution in [0.15, 0.2) is 102 Å². The molecule has 3 heterocycles. The molecule has 47 heavy (non-hydrogen) atoms. The number of allylic oxidation sites excluding steroid dienone is 2. The van der Waals surface area contributed by atoms with Crippen LogP contribution in [0.25, 0.3) is 0 Å². The average molecular weight is 684 g/mol. The number of hydrogen-bond acceptors (Lipinski definition) is 6. The average Bonchev–Trinajstić information content (AvgIpc) is 3.73. The summed E-state index contributed by atoms with van der Waals surface area (Å²) in [4.78, 5) is 61.5. The van der Waals surface area contributed by atoms with Gasteiger partial charge in [0, 0.05) is 20.8 Å². The van der Waals surface area contributed by atoms with E-state index in [1.165, 1.54) is 33.3 Å². The second kappa shape index (κ2) is 11.2. The number of benzene rings is 3. The van der Waals surface area contributed by atoms with Crippen molar-refractivity contribution in [1.29, 1.82) is 0 Å². The van der Waals surface area contributed by atoms with Gasteiger partial charge in [-0.05, 0) is 71.7 Å². The van der Waals surface area contributed by atoms with Crippen molar-refractivity contribution < 1.29 is 24.3 Å². The van der Waals surface area contributed by atoms with E-state index in [0.717, 1.165) is 10.5 Å². The quantitative estimate of drug-likeness (QED) is 0.179. The van der Waals surface area contributed by atoms with E-state index in [1.54, 1.807) is 30.3 Å². The van der Waals surface area contributed by atoms with E-state index < -0.39 is 46.8 Å². The number of anilines is 1. The van der Waals surface area contributed by atoms with Crippen molar-refractivity contribution in [3.63, 3.8) is 0 Å². The summed E-state index contributed by atoms with van der Waals surface area (Å²) in [6, 6.07) is 24.4. The molecule has 4 aromatic rings. The van der Waals surface area contributed by atoms with Crippen LogP contribution in [-0.2, 0) is 31.1 Å². The van der Waals surface area contributed by atoms with Crippen LogP contribution < -0.4 is 4.90 Å². The Hall–Kier alpha value is -4.24. The summed E-state index contributed by atoms with van der Waals surface area (Å²) in [5, 5.41) is 12.9. The molecule has 1 N–H and O–H groups in total. The normalized spacial score (nSPS) is 28.3. The van der Waals surface area contributed by atoms with E-state index in [4.69, 9.17) is 23.2 Å². The molecule has 7 nitrogen and oxygen atoms in total. The molecule has 3 aromatic carbocycles. The Bertz CT molecular complexity index is 2000. The molecule has 4 aliphatic rings. The first-order valence-electron chi connectivity index (χ1n) is 15.5. The van der Waals surface area contributed by atoms with Gasteiger partial charge in [0.05, 0.1) is 35.4 Å². The lowest BCUT2D eigenvalue weighted by atomic mass is 9.49. The summed E-state index contributed by atoms with van der Waals surface area (Å²) in [7, 11) is 0. The zero-order valence-corrected chi connectivity index (χ0v) is 27.2. The number of hydrogen-bond donors (Lipinski definition) is 1. The number of thiophene rings is 1. The molecule has 0 spiro atoms. The topological polar surface area (TPSA) is 95.0 Å². The van der Waals surface area contributed by atoms with E-state index in [9.17, 15) is 19.5 Å². The minimum atomic E-state index is -1.43. The number of carbonyl (C=O) groups is 4. The number of amides is 4. The second-order valence-electron chi connectivity index (χ2n) is 12.6. The smallest absolute Gasteiger partial charge is 0.246 e. The van der Waals surface area contributed by atoms with Crippen molar-refractivity contribution in [3.05, 3.63) is 128 Å². The van der Waals surface area contributed by atoms with Crippen LogP contribution in [0.3, 0.4) is 0 Å². The van der Waals surface area contributed by atoms with Crippen LogP contribution >= 0.6 is 34.5 Å². The molecule has 6 atom stereocenters. The summed E-state index contributed by atoms with van der Waals surface area (Å²) in [6.45, 7) is 0.203. The third kappa shape index (κ3) is 4.38. The van der Waals surface area contributed by atoms with E-state index in [0.29, 0.717) is 28.3 Å². The van der Waals surface area contributed by atoms with E-state index >= 15 is 4.79 Å². The highest BCUT2D eigenvalue weighted by atomic mass is 35.5. The predicted octanol–water partition coefficient (Wildman–Crippen LogP) is 7.12. The minimum Gasteiger partial charge on any atom is -0.508 e. The first kappa shape index (κ1) is 30.1. The lowest BCUT2D eigenvalue weighted by molar-refractivity contribution is -0.141. The summed E-state index contributed by atoms with van der Waals surface area (Å²) >= 11 is 14.8. The van der Waals surface area contributed by atoms with Gasteiger partial charge in [0.2, 0.25) is 23.6 Å². The fourth-order valence-electron chi connectivity index (χ4n) is 8.62. The van der Waals surface area contributed by atoms with E-state index in [-0.39, 0.29) is 35.6 Å². The summed E-state index contributed by atoms with van der Waals surface area (Å²) in [5.41, 5.74) is 0.952. The van der Waals surface area contributed by atoms with Crippen LogP contribution in [-0.4, -0.2) is 33.6 Å². The summed E-state index contributed by atoms with van der Waals surface area (Å²) in [6.07, 6.45) is 2.52. The Kier molecular flexibility index (Phi) is 7.17. The number of aromatic hydroxyl groups is 1. The Morgan fingerprint density at radius 1 is 0.851 bits per heavy atom. The number of phenols is 1. The zero-order valence-electron chi connectivity index (χ0n) is 24.9. The molecule has 1 saturated carbocycles. The molecular weight excluding hydrogens is 655 g/mol. The number of carbonyl (C=O) groups excluding carboxylic acids is 4. The van der Waals surface area contributed by atoms with E-state index in [1.807, 2.05) is 53.9 Å². The van der Waals surface area contributed by atoms with Crippen molar-refractivity contribution in [1.82, 2.24) is 4.90 Å². The zero-order chi connectivity index (χ0) is 32.6. The van der Waals surface area contributed by atoms with Gasteiger partial charge in [0.15, 0.2) is 0 Å². The molecule has 0 bridgehead atoms. The molecule has 3 fully saturated rings. The maximum atomic E-state index is 15.2. The highest BCUT2D eigenvalue weighted by Crippen LogP contribution is 2.65. The number of imide groups is 2. The van der Waals surface area contributed by atoms with Crippen molar-refractivity contribution >= 4 is 63.9 Å². The molecule has 236 valence electrons. The number of likely N-dealkylation sites (tertiary alicyclic amines) is 1. The van der Waals surface area contributed by atoms with Gasteiger partial charge in [-0.15, -0.1) is 11.3 Å². The maximum absolute atomic E-state index is 15.2. The van der Waals surface area contributed by atoms with Gasteiger partial charge in [-0.1, -0.05) is 83.4 Å². The molecule has 2 aliphatic heterocycles. The largest absolute Gasteiger partial charge is 0.508 e. The fraction of sp³-hybridized carbons (Fsp3) is 0.243. The number of phenolic OH excluding ortho intramolecular Hbond substituents is 1. The van der Waals surface area contributed by atoms with Crippen LogP contribution in [0, 0.1) is 23.7 Å². The first-order valence-corrected chi connectivity index (χ1v) is 17.1. The van der Waals surface area contributed by atoms with Gasteiger partial charge < -0.3 is 5.11 Å². The van der Waals surface area contributed by atoms with Gasteiger partial charge >= 0.3 is 0 Å². The van der Waals surface area contributed by atoms with Gasteiger partial charge in [-0.3, -0.25) is 24.1 Å². The number of rotatable bonds is 5. The third-order valence-corrected chi connectivity index (χ3v) is 11.9. The number of fused-ring (bicyclic) bond motifs is 4. The molecular formula is C37H28Cl2N2O5S. The Labute approximate surface area is 285 Å². The van der Waals surface area contributed by atoms with Gasteiger partial charge in [0.1, 0.15) is 5.75 Å². The van der Waals surface area contributed by atoms with Crippen molar-refractivity contribution in [2.75, 3.05) is 4.90 Å². The highest BCUT2D eigenvalue weighted by Gasteiger charge is 2.70. The van der Waals surface area contributed by atoms with Crippen LogP contribution in [0.4, 0.5) is 5.69 Å². The molecule has 2 saturated heterocycles. The standard InChI is InChI=1S/C37H28Cl2N2O5S/c38-21-8-4-9-22(16-21)41-34(44)29-18-28-25(13-14-27-31(28)35(45)40(33(27)43)19-24-10-5-15-47-24)32(26-12-11-23(42)17-30(26)39)37(29,36(41)46)20-6-2-1-3-7-20/h1-13,15-17,27-29,31-32,42H,14,18-19H2/t27-,28+,29-,31-,32+,37+/m0/s1. The summed E-state index contributed by atoms with van der Waals surface area (Å²) in [5.74, 6) is -4.70. The summed E-state index contributed by atoms with van der Waals surface area (Å²) < 4.78 is 0. The Morgan fingerprint density at radius 2 is 1.66 bits per heavy atom. The maximum Gasteiger partial charge on any atom is 0.246 e. The number of nitrogens with zero attached hydrogens (tertiary/aromatic N) is 2. The van der Waals surface area contributed by atoms with Crippen molar-refractivity contribution in [3.8, 4) is 5.75 Å². The second-order valence-corrected chi connectivity index (χ2v) is 14.5. The number of halogens is 2. The minimum absolute atomic E-state index is 0.0377. The Morgan fingerprint density at radius 3 is 2.38 bits per heavy atom. The van der Waals surface area contributed by atoms with Crippen molar-refractivity contribution in [2.24, 2.45) is 23.7 Å². The SMILES string of the molecule is O=C1[C@H]2[C@H](CC=C3[C@H]2C[C@H]2C(=O)N(c4cccc(Cl)c4)C(=O)[C@@]2(c2ccccc2)[C@H]3c2ccc(O)cc2Cl)C(=O)N1Cc1cccs1. The van der Waals surface area contributed by atoms with Gasteiger partial charge in [-0.2, -0.15) is 0 Å². The fourth-order valence-corrected chi connectivity index (χ4v) is 9.78. The lowest BCUT2D eigenvalue weighted by Crippen LogP contribution is -2.53. The van der Waals surface area contributed by atoms with Crippen LogP contribution in [0.1, 0.15) is 34.8 Å². The molecule has 10 heteroatoms. The first-order chi connectivity index (χ1) is 22.7. The third-order valence-electron chi connectivity index (χ3n) is 10.4. The molecule has 0 unspecified atom stereocenters. The van der Waals surface area contributed by atoms with Crippen LogP contribution in [0.5, 0.6) is 5.75 Å². The molecule has 4 amide bonds. The Balaban J connectivity index is 1.35. The predicted molar refractivity (Wildman–Crippen MR) is 179 cm³/mol. The van der Waals surface area contributed by atoms with Gasteiger partial charge in [-0.25, -0.2) is 4.90 Å².